The first kappa shape index (κ1) is 15.2. The summed E-state index contributed by atoms with van der Waals surface area (Å²) in [5.74, 6) is 0.546. The highest BCUT2D eigenvalue weighted by Crippen LogP contribution is 2.35. The van der Waals surface area contributed by atoms with Crippen LogP contribution in [0.2, 0.25) is 10.0 Å². The molecule has 2 atom stereocenters. The Kier molecular flexibility index (Phi) is 4.92. The molecule has 2 N–H and O–H groups in total. The zero-order valence-electron chi connectivity index (χ0n) is 11.4. The molecule has 2 unspecified atom stereocenters. The predicted molar refractivity (Wildman–Crippen MR) is 84.7 cm³/mol. The van der Waals surface area contributed by atoms with Crippen molar-refractivity contribution in [3.8, 4) is 5.75 Å². The third-order valence-electron chi connectivity index (χ3n) is 3.14. The molecule has 0 aliphatic carbocycles. The summed E-state index contributed by atoms with van der Waals surface area (Å²) in [5, 5.41) is 0.880. The molecule has 106 valence electrons. The molecule has 4 heteroatoms. The summed E-state index contributed by atoms with van der Waals surface area (Å²) in [6.07, 6.45) is -0.271. The molecule has 0 amide bonds. The molecule has 2 aromatic rings. The van der Waals surface area contributed by atoms with Gasteiger partial charge in [-0.1, -0.05) is 53.5 Å². The van der Waals surface area contributed by atoms with Gasteiger partial charge in [0.15, 0.2) is 0 Å². The van der Waals surface area contributed by atoms with Crippen molar-refractivity contribution in [1.82, 2.24) is 0 Å². The molecule has 0 heterocycles. The lowest BCUT2D eigenvalue weighted by atomic mass is 9.99. The molecule has 0 fully saturated rings. The Bertz CT molecular complexity index is 599. The summed E-state index contributed by atoms with van der Waals surface area (Å²) in [7, 11) is 0. The van der Waals surface area contributed by atoms with E-state index in [4.69, 9.17) is 33.7 Å². The maximum absolute atomic E-state index is 6.17. The van der Waals surface area contributed by atoms with Crippen molar-refractivity contribution in [2.45, 2.75) is 26.0 Å². The Morgan fingerprint density at radius 1 is 1.05 bits per heavy atom. The molecule has 0 radical (unpaired) electrons. The minimum absolute atomic E-state index is 0.175. The van der Waals surface area contributed by atoms with Gasteiger partial charge in [0.1, 0.15) is 16.9 Å². The number of benzene rings is 2. The molecule has 0 aliphatic heterocycles. The first-order chi connectivity index (χ1) is 9.50. The number of ether oxygens (including phenoxy) is 1. The lowest BCUT2D eigenvalue weighted by molar-refractivity contribution is 0.180. The third-order valence-corrected chi connectivity index (χ3v) is 3.94. The number of rotatable bonds is 4. The monoisotopic (exact) mass is 309 g/mol. The number of halogens is 2. The largest absolute Gasteiger partial charge is 0.482 e. The van der Waals surface area contributed by atoms with Crippen LogP contribution in [0.4, 0.5) is 0 Å². The van der Waals surface area contributed by atoms with Gasteiger partial charge in [-0.25, -0.2) is 0 Å². The van der Waals surface area contributed by atoms with E-state index in [1.54, 1.807) is 18.2 Å². The lowest BCUT2D eigenvalue weighted by Gasteiger charge is -2.25. The van der Waals surface area contributed by atoms with Crippen LogP contribution in [0, 0.1) is 6.92 Å². The van der Waals surface area contributed by atoms with Gasteiger partial charge in [0.2, 0.25) is 0 Å². The molecule has 0 aliphatic rings. The molecule has 20 heavy (non-hydrogen) atoms. The van der Waals surface area contributed by atoms with Gasteiger partial charge in [0.05, 0.1) is 5.02 Å². The second-order valence-electron chi connectivity index (χ2n) is 4.81. The van der Waals surface area contributed by atoms with E-state index in [1.807, 2.05) is 38.1 Å². The average molecular weight is 310 g/mol. The van der Waals surface area contributed by atoms with Crippen LogP contribution < -0.4 is 10.5 Å². The van der Waals surface area contributed by atoms with E-state index in [2.05, 4.69) is 0 Å². The maximum Gasteiger partial charge on any atom is 0.140 e. The van der Waals surface area contributed by atoms with E-state index < -0.39 is 0 Å². The molecule has 0 spiro atoms. The molecular formula is C16H17Cl2NO. The maximum atomic E-state index is 6.17. The van der Waals surface area contributed by atoms with E-state index >= 15 is 0 Å². The summed E-state index contributed by atoms with van der Waals surface area (Å²) in [5.41, 5.74) is 8.26. The minimum atomic E-state index is -0.271. The van der Waals surface area contributed by atoms with Crippen molar-refractivity contribution >= 4 is 23.2 Å². The smallest absolute Gasteiger partial charge is 0.140 e. The highest BCUT2D eigenvalue weighted by Gasteiger charge is 2.21. The fourth-order valence-corrected chi connectivity index (χ4v) is 2.41. The molecule has 0 saturated carbocycles. The van der Waals surface area contributed by atoms with Gasteiger partial charge in [-0.2, -0.15) is 0 Å². The van der Waals surface area contributed by atoms with Crippen LogP contribution in [0.25, 0.3) is 0 Å². The zero-order valence-corrected chi connectivity index (χ0v) is 12.9. The minimum Gasteiger partial charge on any atom is -0.482 e. The molecular weight excluding hydrogens is 293 g/mol. The van der Waals surface area contributed by atoms with Crippen molar-refractivity contribution in [2.24, 2.45) is 5.73 Å². The normalized spacial score (nSPS) is 13.8. The summed E-state index contributed by atoms with van der Waals surface area (Å²) in [4.78, 5) is 0. The van der Waals surface area contributed by atoms with Gasteiger partial charge in [-0.05, 0) is 37.1 Å². The van der Waals surface area contributed by atoms with Gasteiger partial charge in [0, 0.05) is 6.04 Å². The highest BCUT2D eigenvalue weighted by molar-refractivity contribution is 6.42. The standard InChI is InChI=1S/C16H17Cl2NO/c1-10-6-3-4-7-12(10)16(11(2)19)20-14-9-5-8-13(17)15(14)18/h3-9,11,16H,19H2,1-2H3. The van der Waals surface area contributed by atoms with Crippen molar-refractivity contribution in [3.63, 3.8) is 0 Å². The Morgan fingerprint density at radius 3 is 2.40 bits per heavy atom. The molecule has 0 aromatic heterocycles. The summed E-state index contributed by atoms with van der Waals surface area (Å²) in [6.45, 7) is 3.95. The van der Waals surface area contributed by atoms with Crippen molar-refractivity contribution in [3.05, 3.63) is 63.6 Å². The van der Waals surface area contributed by atoms with Crippen LogP contribution in [-0.4, -0.2) is 6.04 Å². The Hall–Kier alpha value is -1.22. The van der Waals surface area contributed by atoms with Crippen LogP contribution in [0.5, 0.6) is 5.75 Å². The van der Waals surface area contributed by atoms with Crippen molar-refractivity contribution < 1.29 is 4.74 Å². The summed E-state index contributed by atoms with van der Waals surface area (Å²) in [6, 6.07) is 13.2. The Morgan fingerprint density at radius 2 is 1.75 bits per heavy atom. The molecule has 0 bridgehead atoms. The average Bonchev–Trinajstić information content (AvgIpc) is 2.41. The van der Waals surface area contributed by atoms with Gasteiger partial charge < -0.3 is 10.5 Å². The molecule has 2 aromatic carbocycles. The van der Waals surface area contributed by atoms with Gasteiger partial charge in [-0.15, -0.1) is 0 Å². The predicted octanol–water partition coefficient (Wildman–Crippen LogP) is 4.77. The second kappa shape index (κ2) is 6.49. The molecule has 2 nitrogen and oxygen atoms in total. The second-order valence-corrected chi connectivity index (χ2v) is 5.59. The van der Waals surface area contributed by atoms with E-state index in [1.165, 1.54) is 0 Å². The lowest BCUT2D eigenvalue weighted by Crippen LogP contribution is -2.29. The SMILES string of the molecule is Cc1ccccc1C(Oc1cccc(Cl)c1Cl)C(C)N. The van der Waals surface area contributed by atoms with Crippen LogP contribution in [-0.2, 0) is 0 Å². The topological polar surface area (TPSA) is 35.2 Å². The zero-order chi connectivity index (χ0) is 14.7. The number of nitrogens with two attached hydrogens (primary N) is 1. The number of hydrogen-bond acceptors (Lipinski definition) is 2. The number of hydrogen-bond donors (Lipinski definition) is 1. The summed E-state index contributed by atoms with van der Waals surface area (Å²) < 4.78 is 6.01. The molecule has 2 rings (SSSR count). The highest BCUT2D eigenvalue weighted by atomic mass is 35.5. The van der Waals surface area contributed by atoms with Crippen molar-refractivity contribution in [1.29, 1.82) is 0 Å². The van der Waals surface area contributed by atoms with Crippen LogP contribution in [0.1, 0.15) is 24.2 Å². The van der Waals surface area contributed by atoms with Gasteiger partial charge in [0.25, 0.3) is 0 Å². The van der Waals surface area contributed by atoms with E-state index in [0.717, 1.165) is 11.1 Å². The molecule has 0 saturated heterocycles. The van der Waals surface area contributed by atoms with Gasteiger partial charge >= 0.3 is 0 Å². The van der Waals surface area contributed by atoms with Crippen LogP contribution >= 0.6 is 23.2 Å². The van der Waals surface area contributed by atoms with Gasteiger partial charge in [-0.3, -0.25) is 0 Å². The quantitative estimate of drug-likeness (QED) is 0.883. The summed E-state index contributed by atoms with van der Waals surface area (Å²) >= 11 is 12.2. The van der Waals surface area contributed by atoms with Crippen LogP contribution in [0.15, 0.2) is 42.5 Å². The Labute approximate surface area is 129 Å². The fraction of sp³-hybridized carbons (Fsp3) is 0.250. The number of aryl methyl sites for hydroxylation is 1. The first-order valence-corrected chi connectivity index (χ1v) is 7.18. The Balaban J connectivity index is 2.36. The first-order valence-electron chi connectivity index (χ1n) is 6.42. The van der Waals surface area contributed by atoms with E-state index in [0.29, 0.717) is 15.8 Å². The third kappa shape index (κ3) is 3.26. The van der Waals surface area contributed by atoms with E-state index in [-0.39, 0.29) is 12.1 Å². The van der Waals surface area contributed by atoms with Crippen LogP contribution in [0.3, 0.4) is 0 Å². The van der Waals surface area contributed by atoms with E-state index in [9.17, 15) is 0 Å². The van der Waals surface area contributed by atoms with Crippen molar-refractivity contribution in [2.75, 3.05) is 0 Å². The fourth-order valence-electron chi connectivity index (χ4n) is 2.07.